The number of nitrogens with zero attached hydrogens (tertiary/aromatic N) is 1. The van der Waals surface area contributed by atoms with Gasteiger partial charge in [0, 0.05) is 5.75 Å². The van der Waals surface area contributed by atoms with Crippen LogP contribution in [0, 0.1) is 11.3 Å². The summed E-state index contributed by atoms with van der Waals surface area (Å²) >= 11 is 0. The summed E-state index contributed by atoms with van der Waals surface area (Å²) in [4.78, 5) is 0. The van der Waals surface area contributed by atoms with E-state index >= 15 is 0 Å². The quantitative estimate of drug-likeness (QED) is 0.756. The molecule has 0 N–H and O–H groups in total. The number of rotatable bonds is 6. The van der Waals surface area contributed by atoms with Crippen LogP contribution in [0.1, 0.15) is 24.5 Å². The van der Waals surface area contributed by atoms with Crippen molar-refractivity contribution in [1.82, 2.24) is 0 Å². The zero-order valence-electron chi connectivity index (χ0n) is 11.3. The third-order valence-corrected chi connectivity index (χ3v) is 4.50. The van der Waals surface area contributed by atoms with Crippen molar-refractivity contribution in [3.63, 3.8) is 0 Å². The standard InChI is InChI=1S/C13H14F3NO3S/c1-2-21(18,19)7-3-6-20-12-5-4-10(9-17)8-11(12)13(14,15)16/h4-5,8H,2-3,6-7H2,1H3. The minimum absolute atomic E-state index is 0.0162. The van der Waals surface area contributed by atoms with Crippen LogP contribution >= 0.6 is 0 Å². The molecule has 0 heterocycles. The number of hydrogen-bond acceptors (Lipinski definition) is 4. The Balaban J connectivity index is 2.78. The molecule has 0 aliphatic heterocycles. The fraction of sp³-hybridized carbons (Fsp3) is 0.462. The molecule has 0 amide bonds. The fourth-order valence-corrected chi connectivity index (χ4v) is 2.40. The van der Waals surface area contributed by atoms with Crippen LogP contribution in [0.4, 0.5) is 13.2 Å². The maximum Gasteiger partial charge on any atom is 0.420 e. The monoisotopic (exact) mass is 321 g/mol. The summed E-state index contributed by atoms with van der Waals surface area (Å²) in [6.45, 7) is 1.35. The Kier molecular flexibility index (Phi) is 5.61. The summed E-state index contributed by atoms with van der Waals surface area (Å²) in [5.74, 6) is -0.561. The van der Waals surface area contributed by atoms with Crippen LogP contribution in [0.3, 0.4) is 0 Å². The lowest BCUT2D eigenvalue weighted by molar-refractivity contribution is -0.139. The van der Waals surface area contributed by atoms with E-state index in [-0.39, 0.29) is 30.1 Å². The summed E-state index contributed by atoms with van der Waals surface area (Å²) < 4.78 is 66.0. The second-order valence-corrected chi connectivity index (χ2v) is 6.73. The number of alkyl halides is 3. The van der Waals surface area contributed by atoms with Gasteiger partial charge in [-0.2, -0.15) is 18.4 Å². The molecular formula is C13H14F3NO3S. The Morgan fingerprint density at radius 1 is 1.33 bits per heavy atom. The molecular weight excluding hydrogens is 307 g/mol. The highest BCUT2D eigenvalue weighted by Gasteiger charge is 2.34. The Labute approximate surface area is 121 Å². The molecule has 0 aliphatic rings. The SMILES string of the molecule is CCS(=O)(=O)CCCOc1ccc(C#N)cc1C(F)(F)F. The van der Waals surface area contributed by atoms with Gasteiger partial charge >= 0.3 is 6.18 Å². The molecule has 0 fully saturated rings. The Hall–Kier alpha value is -1.75. The molecule has 0 atom stereocenters. The number of benzene rings is 1. The number of halogens is 3. The van der Waals surface area contributed by atoms with Gasteiger partial charge in [-0.15, -0.1) is 0 Å². The molecule has 1 aromatic rings. The zero-order valence-corrected chi connectivity index (χ0v) is 12.1. The van der Waals surface area contributed by atoms with E-state index in [1.54, 1.807) is 6.07 Å². The predicted octanol–water partition coefficient (Wildman–Crippen LogP) is 2.78. The second kappa shape index (κ2) is 6.80. The second-order valence-electron chi connectivity index (χ2n) is 4.26. The molecule has 21 heavy (non-hydrogen) atoms. The van der Waals surface area contributed by atoms with Crippen molar-refractivity contribution >= 4 is 9.84 Å². The van der Waals surface area contributed by atoms with E-state index in [0.717, 1.165) is 6.07 Å². The van der Waals surface area contributed by atoms with Crippen molar-refractivity contribution in [3.05, 3.63) is 29.3 Å². The lowest BCUT2D eigenvalue weighted by Crippen LogP contribution is -2.13. The molecule has 1 aromatic carbocycles. The first-order chi connectivity index (χ1) is 9.69. The van der Waals surface area contributed by atoms with E-state index in [9.17, 15) is 21.6 Å². The van der Waals surface area contributed by atoms with E-state index in [0.29, 0.717) is 6.07 Å². The molecule has 8 heteroatoms. The number of ether oxygens (including phenoxy) is 1. The number of sulfone groups is 1. The van der Waals surface area contributed by atoms with Crippen molar-refractivity contribution in [2.24, 2.45) is 0 Å². The van der Waals surface area contributed by atoms with E-state index < -0.39 is 27.3 Å². The van der Waals surface area contributed by atoms with Crippen molar-refractivity contribution in [3.8, 4) is 11.8 Å². The van der Waals surface area contributed by atoms with Crippen molar-refractivity contribution in [1.29, 1.82) is 5.26 Å². The van der Waals surface area contributed by atoms with Gasteiger partial charge in [0.05, 0.1) is 29.6 Å². The fourth-order valence-electron chi connectivity index (χ4n) is 1.55. The first kappa shape index (κ1) is 17.3. The Morgan fingerprint density at radius 3 is 2.52 bits per heavy atom. The summed E-state index contributed by atoms with van der Waals surface area (Å²) in [7, 11) is -3.17. The summed E-state index contributed by atoms with van der Waals surface area (Å²) in [5, 5.41) is 8.62. The average Bonchev–Trinajstić information content (AvgIpc) is 2.42. The van der Waals surface area contributed by atoms with Gasteiger partial charge in [0.2, 0.25) is 0 Å². The minimum atomic E-state index is -4.64. The Morgan fingerprint density at radius 2 is 2.00 bits per heavy atom. The molecule has 0 spiro atoms. The molecule has 0 radical (unpaired) electrons. The van der Waals surface area contributed by atoms with E-state index in [1.165, 1.54) is 13.0 Å². The van der Waals surface area contributed by atoms with Crippen LogP contribution in [-0.4, -0.2) is 26.5 Å². The third-order valence-electron chi connectivity index (χ3n) is 2.71. The molecule has 0 bridgehead atoms. The first-order valence-corrected chi connectivity index (χ1v) is 7.96. The van der Waals surface area contributed by atoms with Crippen molar-refractivity contribution in [2.45, 2.75) is 19.5 Å². The smallest absolute Gasteiger partial charge is 0.420 e. The van der Waals surface area contributed by atoms with Gasteiger partial charge in [0.25, 0.3) is 0 Å². The molecule has 0 aromatic heterocycles. The van der Waals surface area contributed by atoms with Crippen LogP contribution in [0.2, 0.25) is 0 Å². The van der Waals surface area contributed by atoms with Crippen molar-refractivity contribution in [2.75, 3.05) is 18.1 Å². The predicted molar refractivity (Wildman–Crippen MR) is 70.6 cm³/mol. The van der Waals surface area contributed by atoms with Gasteiger partial charge in [0.15, 0.2) is 0 Å². The molecule has 0 unspecified atom stereocenters. The molecule has 0 saturated carbocycles. The van der Waals surface area contributed by atoms with Crippen LogP contribution < -0.4 is 4.74 Å². The highest BCUT2D eigenvalue weighted by atomic mass is 32.2. The molecule has 1 rings (SSSR count). The van der Waals surface area contributed by atoms with Crippen LogP contribution in [0.5, 0.6) is 5.75 Å². The molecule has 4 nitrogen and oxygen atoms in total. The third kappa shape index (κ3) is 5.27. The summed E-state index contributed by atoms with van der Waals surface area (Å²) in [5.41, 5.74) is -1.16. The van der Waals surface area contributed by atoms with E-state index in [4.69, 9.17) is 10.00 Å². The van der Waals surface area contributed by atoms with E-state index in [1.807, 2.05) is 0 Å². The molecule has 0 saturated heterocycles. The lowest BCUT2D eigenvalue weighted by Gasteiger charge is -2.14. The van der Waals surface area contributed by atoms with Crippen LogP contribution in [0.15, 0.2) is 18.2 Å². The van der Waals surface area contributed by atoms with Crippen molar-refractivity contribution < 1.29 is 26.3 Å². The van der Waals surface area contributed by atoms with Gasteiger partial charge in [0.1, 0.15) is 15.6 Å². The van der Waals surface area contributed by atoms with E-state index in [2.05, 4.69) is 0 Å². The van der Waals surface area contributed by atoms with Crippen LogP contribution in [-0.2, 0) is 16.0 Å². The largest absolute Gasteiger partial charge is 0.493 e. The maximum atomic E-state index is 12.8. The highest BCUT2D eigenvalue weighted by Crippen LogP contribution is 2.36. The summed E-state index contributed by atoms with van der Waals surface area (Å²) in [6, 6.07) is 4.61. The zero-order chi connectivity index (χ0) is 16.1. The normalized spacial score (nSPS) is 12.0. The van der Waals surface area contributed by atoms with Gasteiger partial charge < -0.3 is 4.74 Å². The first-order valence-electron chi connectivity index (χ1n) is 6.14. The number of nitriles is 1. The Bertz CT molecular complexity index is 633. The van der Waals surface area contributed by atoms with Gasteiger partial charge in [-0.3, -0.25) is 0 Å². The topological polar surface area (TPSA) is 67.2 Å². The summed E-state index contributed by atoms with van der Waals surface area (Å²) in [6.07, 6.45) is -4.54. The average molecular weight is 321 g/mol. The molecule has 0 aliphatic carbocycles. The van der Waals surface area contributed by atoms with Gasteiger partial charge in [-0.25, -0.2) is 8.42 Å². The van der Waals surface area contributed by atoms with Gasteiger partial charge in [-0.1, -0.05) is 6.92 Å². The minimum Gasteiger partial charge on any atom is -0.493 e. The highest BCUT2D eigenvalue weighted by molar-refractivity contribution is 7.91. The molecule has 116 valence electrons. The van der Waals surface area contributed by atoms with Gasteiger partial charge in [-0.05, 0) is 24.6 Å². The lowest BCUT2D eigenvalue weighted by atomic mass is 10.1. The maximum absolute atomic E-state index is 12.8. The van der Waals surface area contributed by atoms with Crippen LogP contribution in [0.25, 0.3) is 0 Å². The number of hydrogen-bond donors (Lipinski definition) is 0.